The number of carbonyl (C=O) groups excluding carboxylic acids is 1. The van der Waals surface area contributed by atoms with Gasteiger partial charge < -0.3 is 4.90 Å². The number of anilines is 2. The lowest BCUT2D eigenvalue weighted by atomic mass is 10.1. The van der Waals surface area contributed by atoms with Crippen LogP contribution in [0.3, 0.4) is 0 Å². The normalized spacial score (nSPS) is 24.1. The van der Waals surface area contributed by atoms with E-state index in [-0.39, 0.29) is 12.1 Å². The zero-order chi connectivity index (χ0) is 11.8. The Morgan fingerprint density at radius 3 is 2.76 bits per heavy atom. The highest BCUT2D eigenvalue weighted by Gasteiger charge is 2.33. The van der Waals surface area contributed by atoms with Gasteiger partial charge in [-0.15, -0.1) is 0 Å². The summed E-state index contributed by atoms with van der Waals surface area (Å²) in [5, 5.41) is 3.40. The van der Waals surface area contributed by atoms with Gasteiger partial charge in [0.25, 0.3) is 0 Å². The Morgan fingerprint density at radius 2 is 2.06 bits per heavy atom. The molecule has 0 spiro atoms. The predicted octanol–water partition coefficient (Wildman–Crippen LogP) is 1.18. The maximum Gasteiger partial charge on any atom is 0.247 e. The van der Waals surface area contributed by atoms with Crippen LogP contribution in [-0.2, 0) is 4.79 Å². The third-order valence-electron chi connectivity index (χ3n) is 3.54. The molecule has 1 saturated heterocycles. The van der Waals surface area contributed by atoms with Gasteiger partial charge in [0, 0.05) is 7.05 Å². The summed E-state index contributed by atoms with van der Waals surface area (Å²) in [5.41, 5.74) is 2.17. The Balaban J connectivity index is 2.02. The van der Waals surface area contributed by atoms with Gasteiger partial charge >= 0.3 is 0 Å². The van der Waals surface area contributed by atoms with Crippen molar-refractivity contribution >= 4 is 17.3 Å². The van der Waals surface area contributed by atoms with Crippen LogP contribution in [0, 0.1) is 0 Å². The van der Waals surface area contributed by atoms with Gasteiger partial charge in [0.1, 0.15) is 0 Å². The Morgan fingerprint density at radius 1 is 1.29 bits per heavy atom. The summed E-state index contributed by atoms with van der Waals surface area (Å²) in [4.78, 5) is 16.1. The third-order valence-corrected chi connectivity index (χ3v) is 3.54. The van der Waals surface area contributed by atoms with E-state index in [1.807, 2.05) is 35.0 Å². The SMILES string of the molecule is CN1CC(=O)N(C2CCCN2)c2ccccc21. The minimum Gasteiger partial charge on any atom is -0.364 e. The average molecular weight is 231 g/mol. The maximum absolute atomic E-state index is 12.2. The Hall–Kier alpha value is -1.55. The van der Waals surface area contributed by atoms with E-state index in [1.54, 1.807) is 0 Å². The molecule has 0 bridgehead atoms. The van der Waals surface area contributed by atoms with Gasteiger partial charge in [-0.05, 0) is 31.5 Å². The highest BCUT2D eigenvalue weighted by atomic mass is 16.2. The van der Waals surface area contributed by atoms with Crippen LogP contribution in [0.5, 0.6) is 0 Å². The molecule has 0 saturated carbocycles. The number of hydrogen-bond acceptors (Lipinski definition) is 3. The van der Waals surface area contributed by atoms with E-state index in [2.05, 4.69) is 11.4 Å². The van der Waals surface area contributed by atoms with Gasteiger partial charge in [-0.25, -0.2) is 0 Å². The van der Waals surface area contributed by atoms with E-state index in [4.69, 9.17) is 0 Å². The zero-order valence-corrected chi connectivity index (χ0v) is 10.0. The molecule has 1 amide bonds. The molecule has 90 valence electrons. The summed E-state index contributed by atoms with van der Waals surface area (Å²) in [6, 6.07) is 8.12. The van der Waals surface area contributed by atoms with Crippen molar-refractivity contribution in [1.29, 1.82) is 0 Å². The monoisotopic (exact) mass is 231 g/mol. The van der Waals surface area contributed by atoms with E-state index >= 15 is 0 Å². The fraction of sp³-hybridized carbons (Fsp3) is 0.462. The summed E-state index contributed by atoms with van der Waals surface area (Å²) in [6.07, 6.45) is 2.37. The molecule has 2 heterocycles. The van der Waals surface area contributed by atoms with Crippen molar-refractivity contribution in [3.63, 3.8) is 0 Å². The van der Waals surface area contributed by atoms with Gasteiger partial charge in [0.05, 0.1) is 24.1 Å². The summed E-state index contributed by atoms with van der Waals surface area (Å²) < 4.78 is 0. The number of likely N-dealkylation sites (N-methyl/N-ethyl adjacent to an activating group) is 1. The smallest absolute Gasteiger partial charge is 0.247 e. The number of benzene rings is 1. The zero-order valence-electron chi connectivity index (χ0n) is 10.0. The summed E-state index contributed by atoms with van der Waals surface area (Å²) in [6.45, 7) is 1.47. The lowest BCUT2D eigenvalue weighted by Crippen LogP contribution is -2.52. The molecule has 1 aromatic rings. The molecule has 1 unspecified atom stereocenters. The molecule has 4 nitrogen and oxygen atoms in total. The molecule has 2 aliphatic heterocycles. The van der Waals surface area contributed by atoms with Crippen molar-refractivity contribution in [2.24, 2.45) is 0 Å². The number of amides is 1. The standard InChI is InChI=1S/C13H17N3O/c1-15-9-13(17)16(12-7-4-8-14-12)11-6-3-2-5-10(11)15/h2-3,5-6,12,14H,4,7-9H2,1H3. The van der Waals surface area contributed by atoms with E-state index < -0.39 is 0 Å². The van der Waals surface area contributed by atoms with Gasteiger partial charge in [-0.2, -0.15) is 0 Å². The summed E-state index contributed by atoms with van der Waals surface area (Å²) in [5.74, 6) is 0.186. The van der Waals surface area contributed by atoms with E-state index in [0.717, 1.165) is 30.8 Å². The van der Waals surface area contributed by atoms with Crippen LogP contribution in [0.2, 0.25) is 0 Å². The molecule has 0 radical (unpaired) electrons. The van der Waals surface area contributed by atoms with Gasteiger partial charge in [0.2, 0.25) is 5.91 Å². The summed E-state index contributed by atoms with van der Waals surface area (Å²) in [7, 11) is 1.97. The van der Waals surface area contributed by atoms with Crippen molar-refractivity contribution in [1.82, 2.24) is 5.32 Å². The molecule has 1 aromatic carbocycles. The second kappa shape index (κ2) is 4.04. The highest BCUT2D eigenvalue weighted by Crippen LogP contribution is 2.34. The molecule has 0 aromatic heterocycles. The van der Waals surface area contributed by atoms with Gasteiger partial charge in [-0.3, -0.25) is 15.0 Å². The Kier molecular flexibility index (Phi) is 2.52. The Labute approximate surface area is 101 Å². The molecule has 4 heteroatoms. The fourth-order valence-electron chi connectivity index (χ4n) is 2.72. The average Bonchev–Trinajstić information content (AvgIpc) is 2.83. The van der Waals surface area contributed by atoms with Crippen molar-refractivity contribution in [3.05, 3.63) is 24.3 Å². The van der Waals surface area contributed by atoms with Crippen LogP contribution >= 0.6 is 0 Å². The number of fused-ring (bicyclic) bond motifs is 1. The first-order valence-electron chi connectivity index (χ1n) is 6.13. The first kappa shape index (κ1) is 10.6. The van der Waals surface area contributed by atoms with Crippen LogP contribution in [0.4, 0.5) is 11.4 Å². The molecular weight excluding hydrogens is 214 g/mol. The number of nitrogens with zero attached hydrogens (tertiary/aromatic N) is 2. The minimum atomic E-state index is 0.178. The first-order valence-corrected chi connectivity index (χ1v) is 6.13. The maximum atomic E-state index is 12.2. The molecule has 0 aliphatic carbocycles. The van der Waals surface area contributed by atoms with Crippen molar-refractivity contribution < 1.29 is 4.79 Å². The van der Waals surface area contributed by atoms with Crippen molar-refractivity contribution in [2.75, 3.05) is 29.9 Å². The molecule has 3 rings (SSSR count). The van der Waals surface area contributed by atoms with E-state index in [9.17, 15) is 4.79 Å². The number of nitrogens with one attached hydrogen (secondary N) is 1. The van der Waals surface area contributed by atoms with Crippen LogP contribution in [0.25, 0.3) is 0 Å². The largest absolute Gasteiger partial charge is 0.364 e. The van der Waals surface area contributed by atoms with Crippen molar-refractivity contribution in [2.45, 2.75) is 19.0 Å². The van der Waals surface area contributed by atoms with Crippen LogP contribution < -0.4 is 15.1 Å². The van der Waals surface area contributed by atoms with Crippen LogP contribution in [0.1, 0.15) is 12.8 Å². The highest BCUT2D eigenvalue weighted by molar-refractivity contribution is 6.03. The molecule has 2 aliphatic rings. The Bertz CT molecular complexity index is 440. The quantitative estimate of drug-likeness (QED) is 0.788. The number of rotatable bonds is 1. The van der Waals surface area contributed by atoms with Crippen molar-refractivity contribution in [3.8, 4) is 0 Å². The first-order chi connectivity index (χ1) is 8.27. The molecule has 17 heavy (non-hydrogen) atoms. The second-order valence-corrected chi connectivity index (χ2v) is 4.72. The van der Waals surface area contributed by atoms with E-state index in [0.29, 0.717) is 6.54 Å². The fourth-order valence-corrected chi connectivity index (χ4v) is 2.72. The third kappa shape index (κ3) is 1.69. The minimum absolute atomic E-state index is 0.178. The lowest BCUT2D eigenvalue weighted by Gasteiger charge is -2.38. The topological polar surface area (TPSA) is 35.6 Å². The van der Waals surface area contributed by atoms with E-state index in [1.165, 1.54) is 0 Å². The molecule has 1 N–H and O–H groups in total. The number of para-hydroxylation sites is 2. The molecular formula is C13H17N3O. The molecule has 1 fully saturated rings. The van der Waals surface area contributed by atoms with Crippen LogP contribution in [-0.4, -0.2) is 32.2 Å². The lowest BCUT2D eigenvalue weighted by molar-refractivity contribution is -0.118. The molecule has 1 atom stereocenters. The number of carbonyl (C=O) groups is 1. The van der Waals surface area contributed by atoms with Crippen LogP contribution in [0.15, 0.2) is 24.3 Å². The number of hydrogen-bond donors (Lipinski definition) is 1. The second-order valence-electron chi connectivity index (χ2n) is 4.72. The van der Waals surface area contributed by atoms with Gasteiger partial charge in [-0.1, -0.05) is 12.1 Å². The summed E-state index contributed by atoms with van der Waals surface area (Å²) >= 11 is 0. The van der Waals surface area contributed by atoms with Gasteiger partial charge in [0.15, 0.2) is 0 Å². The predicted molar refractivity (Wildman–Crippen MR) is 68.2 cm³/mol.